The minimum atomic E-state index is -0.153. The van der Waals surface area contributed by atoms with Crippen LogP contribution in [0, 0.1) is 0 Å². The molecule has 2 amide bonds. The van der Waals surface area contributed by atoms with Crippen molar-refractivity contribution in [2.75, 3.05) is 19.4 Å². The molecule has 0 fully saturated rings. The van der Waals surface area contributed by atoms with E-state index in [9.17, 15) is 4.79 Å². The van der Waals surface area contributed by atoms with E-state index in [1.165, 1.54) is 0 Å². The van der Waals surface area contributed by atoms with E-state index in [1.54, 1.807) is 4.90 Å². The second-order valence-corrected chi connectivity index (χ2v) is 5.79. The molecule has 0 aliphatic rings. The first-order chi connectivity index (χ1) is 9.31. The Morgan fingerprint density at radius 3 is 2.60 bits per heavy atom. The van der Waals surface area contributed by atoms with Crippen LogP contribution in [-0.4, -0.2) is 30.6 Å². The van der Waals surface area contributed by atoms with Crippen molar-refractivity contribution in [2.24, 2.45) is 0 Å². The van der Waals surface area contributed by atoms with Crippen LogP contribution in [0.1, 0.15) is 45.7 Å². The summed E-state index contributed by atoms with van der Waals surface area (Å²) in [5.74, 6) is 0. The molecular formula is C16H27N3O. The lowest BCUT2D eigenvalue weighted by atomic mass is 10.0. The molecular weight excluding hydrogens is 250 g/mol. The Balaban J connectivity index is 2.81. The molecule has 0 saturated carbocycles. The summed E-state index contributed by atoms with van der Waals surface area (Å²) in [5.41, 5.74) is 1.83. The number of hydrogen-bond acceptors (Lipinski definition) is 2. The highest BCUT2D eigenvalue weighted by Crippen LogP contribution is 2.20. The van der Waals surface area contributed by atoms with Crippen molar-refractivity contribution < 1.29 is 4.79 Å². The molecule has 4 nitrogen and oxygen atoms in total. The largest absolute Gasteiger partial charge is 0.322 e. The number of benzene rings is 1. The zero-order valence-electron chi connectivity index (χ0n) is 13.4. The van der Waals surface area contributed by atoms with E-state index in [4.69, 9.17) is 0 Å². The minimum Gasteiger partial charge on any atom is -0.322 e. The average Bonchev–Trinajstić information content (AvgIpc) is 2.45. The van der Waals surface area contributed by atoms with Gasteiger partial charge in [0, 0.05) is 24.3 Å². The molecule has 0 aliphatic heterocycles. The van der Waals surface area contributed by atoms with E-state index in [0.717, 1.165) is 17.7 Å². The standard InChI is InChI=1S/C16H27N3O/c1-7-16(3,4)19(6)15(20)18-14-10-8-9-13(11-14)12(2)17-5/h8-12,17H,7H2,1-6H3,(H,18,20). The second kappa shape index (κ2) is 6.75. The number of amides is 2. The molecule has 1 aromatic rings. The summed E-state index contributed by atoms with van der Waals surface area (Å²) in [6.45, 7) is 8.30. The first-order valence-electron chi connectivity index (χ1n) is 7.14. The van der Waals surface area contributed by atoms with Crippen molar-refractivity contribution >= 4 is 11.7 Å². The van der Waals surface area contributed by atoms with Crippen LogP contribution in [0.2, 0.25) is 0 Å². The van der Waals surface area contributed by atoms with Gasteiger partial charge in [-0.2, -0.15) is 0 Å². The van der Waals surface area contributed by atoms with Crippen molar-refractivity contribution in [3.8, 4) is 0 Å². The third-order valence-corrected chi connectivity index (χ3v) is 4.15. The Hall–Kier alpha value is -1.55. The quantitative estimate of drug-likeness (QED) is 0.863. The van der Waals surface area contributed by atoms with Crippen LogP contribution in [0.5, 0.6) is 0 Å². The number of urea groups is 1. The van der Waals surface area contributed by atoms with E-state index in [0.29, 0.717) is 0 Å². The Kier molecular flexibility index (Phi) is 5.57. The fourth-order valence-corrected chi connectivity index (χ4v) is 1.77. The van der Waals surface area contributed by atoms with Gasteiger partial charge in [-0.1, -0.05) is 19.1 Å². The van der Waals surface area contributed by atoms with Crippen LogP contribution in [0.25, 0.3) is 0 Å². The first-order valence-corrected chi connectivity index (χ1v) is 7.14. The predicted molar refractivity (Wildman–Crippen MR) is 85.1 cm³/mol. The van der Waals surface area contributed by atoms with Gasteiger partial charge in [-0.3, -0.25) is 0 Å². The summed E-state index contributed by atoms with van der Waals surface area (Å²) in [6, 6.07) is 8.12. The third kappa shape index (κ3) is 3.97. The van der Waals surface area contributed by atoms with Gasteiger partial charge in [-0.05, 0) is 51.9 Å². The van der Waals surface area contributed by atoms with E-state index < -0.39 is 0 Å². The molecule has 2 N–H and O–H groups in total. The molecule has 0 bridgehead atoms. The van der Waals surface area contributed by atoms with Crippen molar-refractivity contribution in [2.45, 2.75) is 45.7 Å². The highest BCUT2D eigenvalue weighted by Gasteiger charge is 2.25. The lowest BCUT2D eigenvalue weighted by Crippen LogP contribution is -2.46. The number of rotatable bonds is 5. The Morgan fingerprint density at radius 2 is 2.05 bits per heavy atom. The molecule has 0 aliphatic carbocycles. The maximum atomic E-state index is 12.3. The number of nitrogens with zero attached hydrogens (tertiary/aromatic N) is 1. The molecule has 1 rings (SSSR count). The van der Waals surface area contributed by atoms with Gasteiger partial charge in [0.2, 0.25) is 0 Å². The number of carbonyl (C=O) groups excluding carboxylic acids is 1. The molecule has 20 heavy (non-hydrogen) atoms. The zero-order chi connectivity index (χ0) is 15.3. The van der Waals surface area contributed by atoms with Crippen molar-refractivity contribution in [3.63, 3.8) is 0 Å². The van der Waals surface area contributed by atoms with Crippen LogP contribution in [0.15, 0.2) is 24.3 Å². The van der Waals surface area contributed by atoms with Gasteiger partial charge in [0.05, 0.1) is 0 Å². The van der Waals surface area contributed by atoms with Crippen LogP contribution >= 0.6 is 0 Å². The molecule has 4 heteroatoms. The van der Waals surface area contributed by atoms with Crippen LogP contribution in [0.4, 0.5) is 10.5 Å². The van der Waals surface area contributed by atoms with E-state index >= 15 is 0 Å². The highest BCUT2D eigenvalue weighted by atomic mass is 16.2. The van der Waals surface area contributed by atoms with Gasteiger partial charge in [0.15, 0.2) is 0 Å². The molecule has 0 spiro atoms. The average molecular weight is 277 g/mol. The van der Waals surface area contributed by atoms with Gasteiger partial charge >= 0.3 is 6.03 Å². The predicted octanol–water partition coefficient (Wildman–Crippen LogP) is 3.62. The smallest absolute Gasteiger partial charge is 0.322 e. The van der Waals surface area contributed by atoms with Crippen molar-refractivity contribution in [1.82, 2.24) is 10.2 Å². The second-order valence-electron chi connectivity index (χ2n) is 5.79. The molecule has 1 atom stereocenters. The Labute approximate surface area is 122 Å². The lowest BCUT2D eigenvalue weighted by Gasteiger charge is -2.34. The number of carbonyl (C=O) groups is 1. The monoisotopic (exact) mass is 277 g/mol. The van der Waals surface area contributed by atoms with E-state index in [-0.39, 0.29) is 17.6 Å². The van der Waals surface area contributed by atoms with Crippen molar-refractivity contribution in [3.05, 3.63) is 29.8 Å². The summed E-state index contributed by atoms with van der Waals surface area (Å²) >= 11 is 0. The normalized spacial score (nSPS) is 12.9. The molecule has 0 aromatic heterocycles. The van der Waals surface area contributed by atoms with Crippen molar-refractivity contribution in [1.29, 1.82) is 0 Å². The van der Waals surface area contributed by atoms with Gasteiger partial charge in [-0.15, -0.1) is 0 Å². The molecule has 0 heterocycles. The van der Waals surface area contributed by atoms with E-state index in [2.05, 4.69) is 44.4 Å². The van der Waals surface area contributed by atoms with Gasteiger partial charge in [0.25, 0.3) is 0 Å². The Morgan fingerprint density at radius 1 is 1.40 bits per heavy atom. The number of anilines is 1. The van der Waals surface area contributed by atoms with Crippen LogP contribution in [-0.2, 0) is 0 Å². The third-order valence-electron chi connectivity index (χ3n) is 4.15. The van der Waals surface area contributed by atoms with Crippen LogP contribution in [0.3, 0.4) is 0 Å². The van der Waals surface area contributed by atoms with Gasteiger partial charge < -0.3 is 15.5 Å². The molecule has 0 saturated heterocycles. The molecule has 1 aromatic carbocycles. The SMILES string of the molecule is CCC(C)(C)N(C)C(=O)Nc1cccc(C(C)NC)c1. The summed E-state index contributed by atoms with van der Waals surface area (Å²) in [7, 11) is 3.76. The lowest BCUT2D eigenvalue weighted by molar-refractivity contribution is 0.165. The number of nitrogens with one attached hydrogen (secondary N) is 2. The molecule has 1 unspecified atom stereocenters. The fraction of sp³-hybridized carbons (Fsp3) is 0.562. The topological polar surface area (TPSA) is 44.4 Å². The van der Waals surface area contributed by atoms with Gasteiger partial charge in [-0.25, -0.2) is 4.79 Å². The maximum Gasteiger partial charge on any atom is 0.322 e. The van der Waals surface area contributed by atoms with Gasteiger partial charge in [0.1, 0.15) is 0 Å². The fourth-order valence-electron chi connectivity index (χ4n) is 1.77. The first kappa shape index (κ1) is 16.5. The molecule has 112 valence electrons. The zero-order valence-corrected chi connectivity index (χ0v) is 13.4. The molecule has 0 radical (unpaired) electrons. The summed E-state index contributed by atoms with van der Waals surface area (Å²) < 4.78 is 0. The highest BCUT2D eigenvalue weighted by molar-refractivity contribution is 5.89. The summed E-state index contributed by atoms with van der Waals surface area (Å²) in [4.78, 5) is 14.0. The summed E-state index contributed by atoms with van der Waals surface area (Å²) in [6.07, 6.45) is 0.910. The maximum absolute atomic E-state index is 12.3. The Bertz CT molecular complexity index is 457. The van der Waals surface area contributed by atoms with E-state index in [1.807, 2.05) is 32.3 Å². The number of hydrogen-bond donors (Lipinski definition) is 2. The minimum absolute atomic E-state index is 0.0777. The van der Waals surface area contributed by atoms with Crippen LogP contribution < -0.4 is 10.6 Å². The summed E-state index contributed by atoms with van der Waals surface area (Å²) in [5, 5.41) is 6.16.